The molecule has 108 valence electrons. The van der Waals surface area contributed by atoms with Crippen molar-refractivity contribution in [2.45, 2.75) is 25.9 Å². The first kappa shape index (κ1) is 14.6. The van der Waals surface area contributed by atoms with Gasteiger partial charge in [-0.3, -0.25) is 4.79 Å². The number of hydrogen-bond donors (Lipinski definition) is 1. The Morgan fingerprint density at radius 2 is 2.25 bits per heavy atom. The first-order valence-electron chi connectivity index (χ1n) is 6.39. The summed E-state index contributed by atoms with van der Waals surface area (Å²) >= 11 is 1.73. The van der Waals surface area contributed by atoms with Crippen molar-refractivity contribution >= 4 is 17.7 Å². The summed E-state index contributed by atoms with van der Waals surface area (Å²) in [7, 11) is 0. The number of thioether (sulfide) groups is 1. The Balaban J connectivity index is 1.95. The van der Waals surface area contributed by atoms with Gasteiger partial charge in [-0.05, 0) is 37.5 Å². The molecule has 7 heteroatoms. The Morgan fingerprint density at radius 3 is 2.85 bits per heavy atom. The van der Waals surface area contributed by atoms with Gasteiger partial charge < -0.3 is 14.4 Å². The number of nitrogens with zero attached hydrogens (tertiary/aromatic N) is 3. The van der Waals surface area contributed by atoms with Crippen LogP contribution < -0.4 is 5.32 Å². The molecule has 2 aromatic rings. The molecular weight excluding hydrogens is 276 g/mol. The predicted octanol–water partition coefficient (Wildman–Crippen LogP) is 1.79. The van der Waals surface area contributed by atoms with Crippen LogP contribution in [0.3, 0.4) is 0 Å². The minimum Gasteiger partial charge on any atom is -0.345 e. The van der Waals surface area contributed by atoms with Crippen LogP contribution in [0, 0.1) is 6.92 Å². The fraction of sp³-hybridized carbons (Fsp3) is 0.462. The highest BCUT2D eigenvalue weighted by atomic mass is 32.2. The number of rotatable bonds is 7. The summed E-state index contributed by atoms with van der Waals surface area (Å²) in [5.41, 5.74) is 0. The Bertz CT molecular complexity index is 538. The molecule has 0 spiro atoms. The van der Waals surface area contributed by atoms with E-state index in [-0.39, 0.29) is 18.5 Å². The maximum absolute atomic E-state index is 12.3. The van der Waals surface area contributed by atoms with Crippen LogP contribution in [0.5, 0.6) is 0 Å². The third kappa shape index (κ3) is 3.86. The maximum Gasteiger partial charge on any atom is 0.246 e. The molecule has 1 atom stereocenters. The third-order valence-electron chi connectivity index (χ3n) is 2.87. The summed E-state index contributed by atoms with van der Waals surface area (Å²) in [6.07, 6.45) is 6.62. The molecular formula is C13H18N4O2S. The molecule has 20 heavy (non-hydrogen) atoms. The van der Waals surface area contributed by atoms with Gasteiger partial charge in [0.15, 0.2) is 5.82 Å². The molecule has 2 rings (SSSR count). The van der Waals surface area contributed by atoms with Crippen LogP contribution in [0.25, 0.3) is 0 Å². The summed E-state index contributed by atoms with van der Waals surface area (Å²) in [5, 5.41) is 6.54. The Morgan fingerprint density at radius 1 is 1.50 bits per heavy atom. The Labute approximate surface area is 121 Å². The highest BCUT2D eigenvalue weighted by molar-refractivity contribution is 7.98. The molecule has 0 aliphatic heterocycles. The number of carbonyl (C=O) groups is 1. The molecule has 0 aromatic carbocycles. The summed E-state index contributed by atoms with van der Waals surface area (Å²) in [6, 6.07) is 3.63. The molecule has 0 saturated carbocycles. The van der Waals surface area contributed by atoms with E-state index in [4.69, 9.17) is 4.52 Å². The van der Waals surface area contributed by atoms with Gasteiger partial charge in [-0.2, -0.15) is 16.7 Å². The smallest absolute Gasteiger partial charge is 0.246 e. The van der Waals surface area contributed by atoms with Crippen LogP contribution in [0.2, 0.25) is 0 Å². The van der Waals surface area contributed by atoms with E-state index in [2.05, 4.69) is 15.5 Å². The van der Waals surface area contributed by atoms with Gasteiger partial charge in [-0.1, -0.05) is 5.16 Å². The number of carbonyl (C=O) groups excluding carboxylic acids is 1. The van der Waals surface area contributed by atoms with E-state index in [1.54, 1.807) is 18.7 Å². The average Bonchev–Trinajstić information content (AvgIpc) is 3.08. The summed E-state index contributed by atoms with van der Waals surface area (Å²) in [5.74, 6) is 1.88. The van der Waals surface area contributed by atoms with Crippen LogP contribution in [0.15, 0.2) is 29.0 Å². The quantitative estimate of drug-likeness (QED) is 0.843. The Kier molecular flexibility index (Phi) is 5.23. The molecule has 1 amide bonds. The molecule has 2 heterocycles. The summed E-state index contributed by atoms with van der Waals surface area (Å²) in [6.45, 7) is 2.01. The van der Waals surface area contributed by atoms with Crippen LogP contribution in [-0.2, 0) is 11.3 Å². The van der Waals surface area contributed by atoms with Gasteiger partial charge in [0.25, 0.3) is 0 Å². The second-order valence-corrected chi connectivity index (χ2v) is 5.37. The van der Waals surface area contributed by atoms with Gasteiger partial charge in [0, 0.05) is 12.4 Å². The molecule has 0 radical (unpaired) electrons. The maximum atomic E-state index is 12.3. The predicted molar refractivity (Wildman–Crippen MR) is 77.3 cm³/mol. The lowest BCUT2D eigenvalue weighted by Gasteiger charge is -2.17. The zero-order valence-electron chi connectivity index (χ0n) is 11.6. The van der Waals surface area contributed by atoms with E-state index in [1.165, 1.54) is 0 Å². The van der Waals surface area contributed by atoms with Crippen molar-refractivity contribution in [2.24, 2.45) is 0 Å². The normalized spacial score (nSPS) is 12.3. The molecule has 0 aliphatic rings. The van der Waals surface area contributed by atoms with Gasteiger partial charge in [0.1, 0.15) is 6.04 Å². The largest absolute Gasteiger partial charge is 0.345 e. The van der Waals surface area contributed by atoms with Crippen LogP contribution in [0.4, 0.5) is 0 Å². The molecule has 0 bridgehead atoms. The average molecular weight is 294 g/mol. The summed E-state index contributed by atoms with van der Waals surface area (Å²) in [4.78, 5) is 16.4. The highest BCUT2D eigenvalue weighted by Crippen LogP contribution is 2.15. The van der Waals surface area contributed by atoms with Crippen molar-refractivity contribution in [3.8, 4) is 0 Å². The Hall–Kier alpha value is -1.76. The molecule has 0 fully saturated rings. The van der Waals surface area contributed by atoms with E-state index in [0.29, 0.717) is 11.7 Å². The number of nitrogens with one attached hydrogen (secondary N) is 1. The number of aromatic nitrogens is 3. The van der Waals surface area contributed by atoms with Gasteiger partial charge in [-0.15, -0.1) is 0 Å². The van der Waals surface area contributed by atoms with Gasteiger partial charge in [0.05, 0.1) is 6.54 Å². The van der Waals surface area contributed by atoms with E-state index >= 15 is 0 Å². The van der Waals surface area contributed by atoms with Crippen LogP contribution >= 0.6 is 11.8 Å². The second-order valence-electron chi connectivity index (χ2n) is 4.38. The minimum atomic E-state index is -0.207. The monoisotopic (exact) mass is 294 g/mol. The minimum absolute atomic E-state index is 0.0360. The van der Waals surface area contributed by atoms with Gasteiger partial charge in [0.2, 0.25) is 11.8 Å². The van der Waals surface area contributed by atoms with Crippen molar-refractivity contribution in [3.05, 3.63) is 36.2 Å². The topological polar surface area (TPSA) is 73.0 Å². The fourth-order valence-electron chi connectivity index (χ4n) is 1.89. The van der Waals surface area contributed by atoms with Crippen molar-refractivity contribution in [1.29, 1.82) is 0 Å². The van der Waals surface area contributed by atoms with Crippen molar-refractivity contribution < 1.29 is 9.32 Å². The van der Waals surface area contributed by atoms with Crippen molar-refractivity contribution in [2.75, 3.05) is 12.0 Å². The molecule has 0 aliphatic carbocycles. The lowest BCUT2D eigenvalue weighted by Crippen LogP contribution is -2.32. The van der Waals surface area contributed by atoms with E-state index in [1.807, 2.05) is 35.3 Å². The number of aryl methyl sites for hydroxylation is 1. The van der Waals surface area contributed by atoms with Gasteiger partial charge in [-0.25, -0.2) is 0 Å². The lowest BCUT2D eigenvalue weighted by atomic mass is 10.2. The third-order valence-corrected chi connectivity index (χ3v) is 3.51. The SMILES string of the molecule is CSCCC(C(=O)NCc1nc(C)no1)n1cccc1. The van der Waals surface area contributed by atoms with Crippen LogP contribution in [-0.4, -0.2) is 32.6 Å². The molecule has 1 unspecified atom stereocenters. The van der Waals surface area contributed by atoms with E-state index in [9.17, 15) is 4.79 Å². The molecule has 6 nitrogen and oxygen atoms in total. The van der Waals surface area contributed by atoms with Gasteiger partial charge >= 0.3 is 0 Å². The standard InChI is InChI=1S/C13H18N4O2S/c1-10-15-12(19-16-10)9-14-13(18)11(5-8-20-2)17-6-3-4-7-17/h3-4,6-7,11H,5,8-9H2,1-2H3,(H,14,18). The lowest BCUT2D eigenvalue weighted by molar-refractivity contribution is -0.124. The zero-order valence-corrected chi connectivity index (χ0v) is 12.4. The number of hydrogen-bond acceptors (Lipinski definition) is 5. The molecule has 0 saturated heterocycles. The van der Waals surface area contributed by atoms with E-state index in [0.717, 1.165) is 12.2 Å². The number of amides is 1. The van der Waals surface area contributed by atoms with Crippen molar-refractivity contribution in [1.82, 2.24) is 20.0 Å². The first-order valence-corrected chi connectivity index (χ1v) is 7.78. The first-order chi connectivity index (χ1) is 9.70. The van der Waals surface area contributed by atoms with Crippen molar-refractivity contribution in [3.63, 3.8) is 0 Å². The molecule has 2 aromatic heterocycles. The van der Waals surface area contributed by atoms with Crippen LogP contribution in [0.1, 0.15) is 24.2 Å². The molecule has 1 N–H and O–H groups in total. The highest BCUT2D eigenvalue weighted by Gasteiger charge is 2.19. The second kappa shape index (κ2) is 7.14. The summed E-state index contributed by atoms with van der Waals surface area (Å²) < 4.78 is 6.90. The zero-order chi connectivity index (χ0) is 14.4. The fourth-order valence-corrected chi connectivity index (χ4v) is 2.35. The van der Waals surface area contributed by atoms with E-state index < -0.39 is 0 Å².